The number of thiophene rings is 1. The second kappa shape index (κ2) is 6.65. The highest BCUT2D eigenvalue weighted by Crippen LogP contribution is 2.56. The molecule has 0 bridgehead atoms. The van der Waals surface area contributed by atoms with Crippen molar-refractivity contribution in [1.82, 2.24) is 0 Å². The van der Waals surface area contributed by atoms with E-state index in [9.17, 15) is 0 Å². The van der Waals surface area contributed by atoms with Gasteiger partial charge >= 0.3 is 0 Å². The van der Waals surface area contributed by atoms with Crippen LogP contribution in [0.25, 0.3) is 0 Å². The van der Waals surface area contributed by atoms with Gasteiger partial charge in [0.2, 0.25) is 0 Å². The molecule has 4 aliphatic rings. The van der Waals surface area contributed by atoms with Crippen molar-refractivity contribution in [2.45, 2.75) is 51.4 Å². The molecule has 6 atom stereocenters. The molecule has 2 nitrogen and oxygen atoms in total. The molecule has 138 valence electrons. The average molecular weight is 361 g/mol. The standard InChI is InChI=1S/C22H32O2S/c1-23-11-19-13-3-5-17-18-6-4-14-16(20(14)12-24-2)8-10-22(18)25-21(17)9-7-15(13)19/h13-16,19-20H,3-12H2,1-2H3/t13-,14+,15+,16-,19+,20-. The molecule has 0 amide bonds. The third-order valence-corrected chi connectivity index (χ3v) is 9.28. The molecular weight excluding hydrogens is 328 g/mol. The van der Waals surface area contributed by atoms with Crippen LogP contribution >= 0.6 is 11.3 Å². The fourth-order valence-electron chi connectivity index (χ4n) is 6.45. The summed E-state index contributed by atoms with van der Waals surface area (Å²) in [5.41, 5.74) is 3.59. The Morgan fingerprint density at radius 2 is 1.08 bits per heavy atom. The summed E-state index contributed by atoms with van der Waals surface area (Å²) < 4.78 is 10.9. The van der Waals surface area contributed by atoms with E-state index in [1.54, 1.807) is 20.9 Å². The van der Waals surface area contributed by atoms with Crippen LogP contribution < -0.4 is 0 Å². The SMILES string of the molecule is COC[C@H]1[C@@H]2CCc3c(sc4c3CC[C@H]3[C@@H](CC4)[C@@H]3COC)CC[C@@H]21. The first-order valence-electron chi connectivity index (χ1n) is 10.4. The van der Waals surface area contributed by atoms with Gasteiger partial charge in [-0.2, -0.15) is 0 Å². The van der Waals surface area contributed by atoms with Gasteiger partial charge in [0, 0.05) is 37.2 Å². The van der Waals surface area contributed by atoms with Crippen molar-refractivity contribution in [2.75, 3.05) is 27.4 Å². The van der Waals surface area contributed by atoms with Crippen LogP contribution in [0.5, 0.6) is 0 Å². The molecule has 0 radical (unpaired) electrons. The molecule has 0 aliphatic heterocycles. The highest BCUT2D eigenvalue weighted by atomic mass is 32.1. The Bertz CT molecular complexity index is 584. The minimum absolute atomic E-state index is 0.864. The maximum absolute atomic E-state index is 5.46. The molecule has 0 spiro atoms. The Morgan fingerprint density at radius 3 is 1.48 bits per heavy atom. The second-order valence-electron chi connectivity index (χ2n) is 8.95. The van der Waals surface area contributed by atoms with Crippen molar-refractivity contribution in [3.8, 4) is 0 Å². The predicted molar refractivity (Wildman–Crippen MR) is 102 cm³/mol. The van der Waals surface area contributed by atoms with Crippen LogP contribution in [0.1, 0.15) is 46.6 Å². The Balaban J connectivity index is 1.31. The van der Waals surface area contributed by atoms with Crippen molar-refractivity contribution in [3.63, 3.8) is 0 Å². The van der Waals surface area contributed by atoms with Crippen LogP contribution in [0, 0.1) is 35.5 Å². The molecular formula is C22H32O2S. The average Bonchev–Trinajstić information content (AvgIpc) is 3.39. The number of ether oxygens (including phenoxy) is 2. The van der Waals surface area contributed by atoms with E-state index in [2.05, 4.69) is 11.3 Å². The van der Waals surface area contributed by atoms with Crippen LogP contribution in [0.3, 0.4) is 0 Å². The largest absolute Gasteiger partial charge is 0.384 e. The van der Waals surface area contributed by atoms with Crippen LogP contribution in [-0.2, 0) is 35.2 Å². The lowest BCUT2D eigenvalue weighted by Gasteiger charge is -2.13. The van der Waals surface area contributed by atoms with E-state index in [-0.39, 0.29) is 0 Å². The maximum Gasteiger partial charge on any atom is 0.0496 e. The van der Waals surface area contributed by atoms with E-state index in [0.717, 1.165) is 48.7 Å². The third kappa shape index (κ3) is 2.91. The zero-order valence-electron chi connectivity index (χ0n) is 15.8. The molecule has 1 aromatic rings. The normalized spacial score (nSPS) is 39.0. The van der Waals surface area contributed by atoms with Crippen molar-refractivity contribution in [2.24, 2.45) is 35.5 Å². The highest BCUT2D eigenvalue weighted by molar-refractivity contribution is 7.12. The van der Waals surface area contributed by atoms with Gasteiger partial charge in [0.25, 0.3) is 0 Å². The van der Waals surface area contributed by atoms with E-state index in [1.807, 2.05) is 14.2 Å². The second-order valence-corrected chi connectivity index (χ2v) is 10.1. The third-order valence-electron chi connectivity index (χ3n) is 7.88. The monoisotopic (exact) mass is 360 g/mol. The summed E-state index contributed by atoms with van der Waals surface area (Å²) in [6, 6.07) is 0. The van der Waals surface area contributed by atoms with Gasteiger partial charge in [-0.25, -0.2) is 0 Å². The van der Waals surface area contributed by atoms with Crippen LogP contribution in [0.2, 0.25) is 0 Å². The molecule has 1 heterocycles. The quantitative estimate of drug-likeness (QED) is 0.786. The van der Waals surface area contributed by atoms with Gasteiger partial charge in [0.05, 0.1) is 0 Å². The summed E-state index contributed by atoms with van der Waals surface area (Å²) in [4.78, 5) is 3.52. The molecule has 25 heavy (non-hydrogen) atoms. The van der Waals surface area contributed by atoms with Crippen molar-refractivity contribution in [3.05, 3.63) is 20.9 Å². The van der Waals surface area contributed by atoms with Crippen LogP contribution in [0.4, 0.5) is 0 Å². The van der Waals surface area contributed by atoms with Crippen LogP contribution in [0.15, 0.2) is 0 Å². The van der Waals surface area contributed by atoms with Gasteiger partial charge in [-0.15, -0.1) is 11.3 Å². The summed E-state index contributed by atoms with van der Waals surface area (Å²) in [5.74, 6) is 5.55. The number of hydrogen-bond donors (Lipinski definition) is 0. The molecule has 5 rings (SSSR count). The van der Waals surface area contributed by atoms with Gasteiger partial charge in [0.15, 0.2) is 0 Å². The molecule has 3 heteroatoms. The van der Waals surface area contributed by atoms with Crippen molar-refractivity contribution in [1.29, 1.82) is 0 Å². The van der Waals surface area contributed by atoms with Gasteiger partial charge in [-0.3, -0.25) is 0 Å². The van der Waals surface area contributed by atoms with E-state index in [4.69, 9.17) is 9.47 Å². The summed E-state index contributed by atoms with van der Waals surface area (Å²) >= 11 is 2.19. The maximum atomic E-state index is 5.46. The van der Waals surface area contributed by atoms with E-state index < -0.39 is 0 Å². The number of rotatable bonds is 4. The molecule has 0 saturated heterocycles. The topological polar surface area (TPSA) is 18.5 Å². The first kappa shape index (κ1) is 16.8. The zero-order chi connectivity index (χ0) is 17.0. The molecule has 2 fully saturated rings. The number of hydrogen-bond acceptors (Lipinski definition) is 3. The highest BCUT2D eigenvalue weighted by Gasteiger charge is 2.51. The lowest BCUT2D eigenvalue weighted by atomic mass is 9.91. The van der Waals surface area contributed by atoms with Gasteiger partial charge < -0.3 is 9.47 Å². The molecule has 2 saturated carbocycles. The fraction of sp³-hybridized carbons (Fsp3) is 0.818. The number of methoxy groups -OCH3 is 2. The lowest BCUT2D eigenvalue weighted by molar-refractivity contribution is 0.176. The molecule has 1 aromatic heterocycles. The lowest BCUT2D eigenvalue weighted by Crippen LogP contribution is -2.04. The summed E-state index contributed by atoms with van der Waals surface area (Å²) in [6.45, 7) is 1.98. The Hall–Kier alpha value is -0.380. The molecule has 0 N–H and O–H groups in total. The summed E-state index contributed by atoms with van der Waals surface area (Å²) in [6.07, 6.45) is 11.0. The van der Waals surface area contributed by atoms with Gasteiger partial charge in [0.1, 0.15) is 0 Å². The van der Waals surface area contributed by atoms with Crippen molar-refractivity contribution < 1.29 is 9.47 Å². The first-order valence-corrected chi connectivity index (χ1v) is 11.2. The molecule has 0 unspecified atom stereocenters. The summed E-state index contributed by atoms with van der Waals surface area (Å²) in [7, 11) is 3.74. The van der Waals surface area contributed by atoms with E-state index >= 15 is 0 Å². The summed E-state index contributed by atoms with van der Waals surface area (Å²) in [5, 5.41) is 0. The minimum atomic E-state index is 0.864. The first-order chi connectivity index (χ1) is 12.3. The fourth-order valence-corrected chi connectivity index (χ4v) is 7.89. The van der Waals surface area contributed by atoms with Gasteiger partial charge in [-0.1, -0.05) is 0 Å². The molecule has 0 aromatic carbocycles. The predicted octanol–water partition coefficient (Wildman–Crippen LogP) is 4.52. The zero-order valence-corrected chi connectivity index (χ0v) is 16.6. The van der Waals surface area contributed by atoms with E-state index in [0.29, 0.717) is 0 Å². The number of fused-ring (bicyclic) bond motifs is 5. The van der Waals surface area contributed by atoms with E-state index in [1.165, 1.54) is 51.4 Å². The van der Waals surface area contributed by atoms with Crippen molar-refractivity contribution >= 4 is 11.3 Å². The van der Waals surface area contributed by atoms with Crippen LogP contribution in [-0.4, -0.2) is 27.4 Å². The Kier molecular flexibility index (Phi) is 4.46. The molecule has 4 aliphatic carbocycles. The Labute approximate surface area is 156 Å². The van der Waals surface area contributed by atoms with Gasteiger partial charge in [-0.05, 0) is 98.0 Å². The minimum Gasteiger partial charge on any atom is -0.384 e. The smallest absolute Gasteiger partial charge is 0.0496 e. The number of aryl methyl sites for hydroxylation is 2. The Morgan fingerprint density at radius 1 is 0.680 bits per heavy atom.